The second kappa shape index (κ2) is 4.74. The Balaban J connectivity index is 1.78. The molecule has 1 fully saturated rings. The first-order chi connectivity index (χ1) is 9.24. The topological polar surface area (TPSA) is 47.3 Å². The standard InChI is InChI=1S/C16H20N2O/c1-19-15-5-3-12-8-14(4-2-13(12)9-15)18-11-16(10-17)6-7-16/h2-5,8-9,18H,6-7,10-11,17H2,1H3. The summed E-state index contributed by atoms with van der Waals surface area (Å²) >= 11 is 0. The number of hydrogen-bond acceptors (Lipinski definition) is 3. The van der Waals surface area contributed by atoms with E-state index in [0.717, 1.165) is 24.5 Å². The van der Waals surface area contributed by atoms with Crippen LogP contribution in [0.4, 0.5) is 5.69 Å². The molecule has 3 rings (SSSR count). The average Bonchev–Trinajstić information content (AvgIpc) is 3.25. The number of benzene rings is 2. The highest BCUT2D eigenvalue weighted by Gasteiger charge is 2.40. The highest BCUT2D eigenvalue weighted by Crippen LogP contribution is 2.44. The summed E-state index contributed by atoms with van der Waals surface area (Å²) in [5, 5.41) is 5.93. The van der Waals surface area contributed by atoms with Crippen LogP contribution in [0.1, 0.15) is 12.8 Å². The molecule has 0 saturated heterocycles. The van der Waals surface area contributed by atoms with Crippen molar-refractivity contribution in [1.82, 2.24) is 0 Å². The molecule has 0 unspecified atom stereocenters. The quantitative estimate of drug-likeness (QED) is 0.864. The molecule has 0 bridgehead atoms. The van der Waals surface area contributed by atoms with Crippen LogP contribution in [0.25, 0.3) is 10.8 Å². The Kier molecular flexibility index (Phi) is 3.07. The molecular weight excluding hydrogens is 236 g/mol. The largest absolute Gasteiger partial charge is 0.497 e. The third-order valence-corrected chi connectivity index (χ3v) is 4.11. The first-order valence-corrected chi connectivity index (χ1v) is 6.76. The lowest BCUT2D eigenvalue weighted by atomic mass is 10.1. The third kappa shape index (κ3) is 2.51. The Bertz CT molecular complexity index is 590. The number of hydrogen-bond donors (Lipinski definition) is 2. The fourth-order valence-corrected chi connectivity index (χ4v) is 2.38. The zero-order valence-electron chi connectivity index (χ0n) is 11.3. The van der Waals surface area contributed by atoms with Gasteiger partial charge in [-0.25, -0.2) is 0 Å². The van der Waals surface area contributed by atoms with Crippen LogP contribution in [0.5, 0.6) is 5.75 Å². The van der Waals surface area contributed by atoms with Gasteiger partial charge in [0.2, 0.25) is 0 Å². The van der Waals surface area contributed by atoms with E-state index in [-0.39, 0.29) is 0 Å². The van der Waals surface area contributed by atoms with Crippen LogP contribution in [0.3, 0.4) is 0 Å². The van der Waals surface area contributed by atoms with Gasteiger partial charge in [-0.05, 0) is 59.8 Å². The third-order valence-electron chi connectivity index (χ3n) is 4.11. The second-order valence-electron chi connectivity index (χ2n) is 5.49. The zero-order valence-corrected chi connectivity index (χ0v) is 11.3. The van der Waals surface area contributed by atoms with Crippen molar-refractivity contribution in [3.8, 4) is 5.75 Å². The van der Waals surface area contributed by atoms with Crippen molar-refractivity contribution in [2.24, 2.45) is 11.1 Å². The molecule has 19 heavy (non-hydrogen) atoms. The van der Waals surface area contributed by atoms with Gasteiger partial charge in [0.15, 0.2) is 0 Å². The summed E-state index contributed by atoms with van der Waals surface area (Å²) < 4.78 is 5.24. The van der Waals surface area contributed by atoms with Crippen LogP contribution in [-0.4, -0.2) is 20.2 Å². The number of anilines is 1. The minimum absolute atomic E-state index is 0.356. The van der Waals surface area contributed by atoms with Crippen molar-refractivity contribution in [3.63, 3.8) is 0 Å². The number of nitrogens with two attached hydrogens (primary N) is 1. The molecule has 1 saturated carbocycles. The van der Waals surface area contributed by atoms with E-state index >= 15 is 0 Å². The first kappa shape index (κ1) is 12.3. The molecule has 100 valence electrons. The molecule has 3 nitrogen and oxygen atoms in total. The van der Waals surface area contributed by atoms with Crippen LogP contribution in [0, 0.1) is 5.41 Å². The highest BCUT2D eigenvalue weighted by atomic mass is 16.5. The van der Waals surface area contributed by atoms with Gasteiger partial charge in [-0.1, -0.05) is 12.1 Å². The van der Waals surface area contributed by atoms with E-state index in [1.54, 1.807) is 7.11 Å². The Labute approximate surface area is 113 Å². The van der Waals surface area contributed by atoms with Gasteiger partial charge in [-0.2, -0.15) is 0 Å². The maximum Gasteiger partial charge on any atom is 0.119 e. The summed E-state index contributed by atoms with van der Waals surface area (Å²) in [5.74, 6) is 0.897. The van der Waals surface area contributed by atoms with Crippen LogP contribution in [0.2, 0.25) is 0 Å². The van der Waals surface area contributed by atoms with Gasteiger partial charge in [-0.3, -0.25) is 0 Å². The number of methoxy groups -OCH3 is 1. The van der Waals surface area contributed by atoms with Crippen molar-refractivity contribution >= 4 is 16.5 Å². The van der Waals surface area contributed by atoms with Gasteiger partial charge in [0.05, 0.1) is 7.11 Å². The summed E-state index contributed by atoms with van der Waals surface area (Å²) in [4.78, 5) is 0. The molecule has 0 aliphatic heterocycles. The van der Waals surface area contributed by atoms with E-state index in [2.05, 4.69) is 35.6 Å². The molecule has 1 aliphatic carbocycles. The van der Waals surface area contributed by atoms with Crippen LogP contribution in [0.15, 0.2) is 36.4 Å². The summed E-state index contributed by atoms with van der Waals surface area (Å²) in [5.41, 5.74) is 7.32. The molecule has 2 aromatic carbocycles. The van der Waals surface area contributed by atoms with Gasteiger partial charge in [-0.15, -0.1) is 0 Å². The first-order valence-electron chi connectivity index (χ1n) is 6.76. The van der Waals surface area contributed by atoms with Gasteiger partial charge in [0.25, 0.3) is 0 Å². The molecule has 3 heteroatoms. The van der Waals surface area contributed by atoms with E-state index in [1.807, 2.05) is 6.07 Å². The van der Waals surface area contributed by atoms with Crippen molar-refractivity contribution in [1.29, 1.82) is 0 Å². The molecule has 1 aliphatic rings. The van der Waals surface area contributed by atoms with Crippen molar-refractivity contribution < 1.29 is 4.74 Å². The molecule has 0 radical (unpaired) electrons. The minimum atomic E-state index is 0.356. The van der Waals surface area contributed by atoms with Crippen molar-refractivity contribution in [2.75, 3.05) is 25.5 Å². The van der Waals surface area contributed by atoms with E-state index in [0.29, 0.717) is 5.41 Å². The van der Waals surface area contributed by atoms with Crippen molar-refractivity contribution in [3.05, 3.63) is 36.4 Å². The summed E-state index contributed by atoms with van der Waals surface area (Å²) in [6, 6.07) is 12.6. The molecule has 0 atom stereocenters. The predicted molar refractivity (Wildman–Crippen MR) is 79.7 cm³/mol. The van der Waals surface area contributed by atoms with Gasteiger partial charge in [0, 0.05) is 12.2 Å². The van der Waals surface area contributed by atoms with Gasteiger partial charge in [0.1, 0.15) is 5.75 Å². The summed E-state index contributed by atoms with van der Waals surface area (Å²) in [6.07, 6.45) is 2.50. The normalized spacial score (nSPS) is 16.3. The van der Waals surface area contributed by atoms with Gasteiger partial charge >= 0.3 is 0 Å². The minimum Gasteiger partial charge on any atom is -0.497 e. The van der Waals surface area contributed by atoms with Crippen LogP contribution < -0.4 is 15.8 Å². The number of fused-ring (bicyclic) bond motifs is 1. The van der Waals surface area contributed by atoms with E-state index in [1.165, 1.54) is 23.6 Å². The highest BCUT2D eigenvalue weighted by molar-refractivity contribution is 5.86. The van der Waals surface area contributed by atoms with E-state index < -0.39 is 0 Å². The zero-order chi connectivity index (χ0) is 13.3. The maximum absolute atomic E-state index is 5.80. The lowest BCUT2D eigenvalue weighted by Crippen LogP contribution is -2.24. The van der Waals surface area contributed by atoms with E-state index in [4.69, 9.17) is 10.5 Å². The lowest BCUT2D eigenvalue weighted by molar-refractivity contribution is 0.415. The van der Waals surface area contributed by atoms with Gasteiger partial charge < -0.3 is 15.8 Å². The lowest BCUT2D eigenvalue weighted by Gasteiger charge is -2.15. The number of ether oxygens (including phenoxy) is 1. The van der Waals surface area contributed by atoms with Crippen molar-refractivity contribution in [2.45, 2.75) is 12.8 Å². The van der Waals surface area contributed by atoms with E-state index in [9.17, 15) is 0 Å². The molecule has 0 amide bonds. The fraction of sp³-hybridized carbons (Fsp3) is 0.375. The Morgan fingerprint density at radius 1 is 1.16 bits per heavy atom. The summed E-state index contributed by atoms with van der Waals surface area (Å²) in [7, 11) is 1.69. The molecule has 0 spiro atoms. The predicted octanol–water partition coefficient (Wildman–Crippen LogP) is 3.00. The Hall–Kier alpha value is -1.74. The Morgan fingerprint density at radius 3 is 2.58 bits per heavy atom. The molecule has 0 heterocycles. The molecule has 2 aromatic rings. The smallest absolute Gasteiger partial charge is 0.119 e. The summed E-state index contributed by atoms with van der Waals surface area (Å²) in [6.45, 7) is 1.76. The molecule has 0 aromatic heterocycles. The molecular formula is C16H20N2O. The second-order valence-corrected chi connectivity index (χ2v) is 5.49. The van der Waals surface area contributed by atoms with Crippen LogP contribution >= 0.6 is 0 Å². The van der Waals surface area contributed by atoms with Crippen LogP contribution in [-0.2, 0) is 0 Å². The Morgan fingerprint density at radius 2 is 1.89 bits per heavy atom. The monoisotopic (exact) mass is 256 g/mol. The fourth-order valence-electron chi connectivity index (χ4n) is 2.38. The number of nitrogens with one attached hydrogen (secondary N) is 1. The average molecular weight is 256 g/mol. The maximum atomic E-state index is 5.80. The molecule has 3 N–H and O–H groups in total. The SMILES string of the molecule is COc1ccc2cc(NCC3(CN)CC3)ccc2c1. The number of rotatable bonds is 5.